The highest BCUT2D eigenvalue weighted by Gasteiger charge is 2.45. The average Bonchev–Trinajstić information content (AvgIpc) is 3.35. The number of anilines is 2. The van der Waals surface area contributed by atoms with Gasteiger partial charge in [-0.1, -0.05) is 0 Å². The first-order chi connectivity index (χ1) is 12.6. The second kappa shape index (κ2) is 5.32. The van der Waals surface area contributed by atoms with Gasteiger partial charge < -0.3 is 20.6 Å². The molecule has 3 aromatic rings. The van der Waals surface area contributed by atoms with Crippen LogP contribution >= 0.6 is 0 Å². The quantitative estimate of drug-likeness (QED) is 0.716. The Morgan fingerprint density at radius 2 is 2.08 bits per heavy atom. The van der Waals surface area contributed by atoms with Crippen LogP contribution < -0.4 is 10.6 Å². The highest BCUT2D eigenvalue weighted by molar-refractivity contribution is 5.87. The predicted molar refractivity (Wildman–Crippen MR) is 95.3 cm³/mol. The maximum absolute atomic E-state index is 11.3. The van der Waals surface area contributed by atoms with Gasteiger partial charge in [0, 0.05) is 31.5 Å². The maximum atomic E-state index is 11.3. The minimum atomic E-state index is -0.844. The largest absolute Gasteiger partial charge is 0.465 e. The van der Waals surface area contributed by atoms with E-state index in [1.165, 1.54) is 4.90 Å². The summed E-state index contributed by atoms with van der Waals surface area (Å²) in [4.78, 5) is 23.8. The minimum absolute atomic E-state index is 0.0331. The van der Waals surface area contributed by atoms with E-state index in [0.29, 0.717) is 24.6 Å². The van der Waals surface area contributed by atoms with Crippen LogP contribution in [0, 0.1) is 0 Å². The van der Waals surface area contributed by atoms with Crippen molar-refractivity contribution in [1.29, 1.82) is 0 Å². The molecule has 26 heavy (non-hydrogen) atoms. The summed E-state index contributed by atoms with van der Waals surface area (Å²) in [6.07, 6.45) is 3.45. The molecule has 5 heterocycles. The molecule has 2 aliphatic rings. The third-order valence-corrected chi connectivity index (χ3v) is 5.23. The Morgan fingerprint density at radius 3 is 2.85 bits per heavy atom. The molecular formula is C17H17N7O2. The lowest BCUT2D eigenvalue weighted by molar-refractivity contribution is 0.137. The van der Waals surface area contributed by atoms with E-state index in [9.17, 15) is 9.90 Å². The Bertz CT molecular complexity index is 1020. The van der Waals surface area contributed by atoms with Crippen molar-refractivity contribution < 1.29 is 9.90 Å². The van der Waals surface area contributed by atoms with Crippen molar-refractivity contribution in [3.63, 3.8) is 0 Å². The molecule has 132 valence electrons. The van der Waals surface area contributed by atoms with Crippen molar-refractivity contribution in [3.05, 3.63) is 36.7 Å². The third-order valence-electron chi connectivity index (χ3n) is 5.23. The number of carbonyl (C=O) groups is 1. The smallest absolute Gasteiger partial charge is 0.407 e. The number of hydrogen-bond acceptors (Lipinski definition) is 6. The summed E-state index contributed by atoms with van der Waals surface area (Å²) in [7, 11) is 0. The van der Waals surface area contributed by atoms with Gasteiger partial charge in [0.2, 0.25) is 0 Å². The van der Waals surface area contributed by atoms with Gasteiger partial charge in [-0.3, -0.25) is 0 Å². The monoisotopic (exact) mass is 351 g/mol. The summed E-state index contributed by atoms with van der Waals surface area (Å²) in [5.41, 5.74) is 7.53. The fourth-order valence-electron chi connectivity index (χ4n) is 4.03. The van der Waals surface area contributed by atoms with Gasteiger partial charge in [-0.15, -0.1) is 5.10 Å². The van der Waals surface area contributed by atoms with Gasteiger partial charge >= 0.3 is 6.09 Å². The first-order valence-electron chi connectivity index (χ1n) is 8.43. The van der Waals surface area contributed by atoms with Gasteiger partial charge in [0.15, 0.2) is 11.5 Å². The topological polar surface area (TPSA) is 113 Å². The molecule has 0 saturated carbocycles. The SMILES string of the molecule is Nc1nn(-c2ccnc(N3C[C@@H]4C[C@H]3CN4C(=O)O)c2)c2ncccc12. The summed E-state index contributed by atoms with van der Waals surface area (Å²) in [5, 5.41) is 14.5. The maximum Gasteiger partial charge on any atom is 0.407 e. The first kappa shape index (κ1) is 14.9. The Labute approximate surface area is 148 Å². The molecule has 2 bridgehead atoms. The van der Waals surface area contributed by atoms with Crippen LogP contribution in [0.4, 0.5) is 16.4 Å². The van der Waals surface area contributed by atoms with Crippen molar-refractivity contribution in [1.82, 2.24) is 24.6 Å². The number of aromatic nitrogens is 4. The molecule has 9 heteroatoms. The number of pyridine rings is 2. The normalized spacial score (nSPS) is 21.7. The summed E-state index contributed by atoms with van der Waals surface area (Å²) < 4.78 is 1.72. The molecule has 1 amide bonds. The van der Waals surface area contributed by atoms with Crippen molar-refractivity contribution >= 4 is 28.8 Å². The molecule has 2 atom stereocenters. The molecule has 0 aliphatic carbocycles. The molecule has 5 rings (SSSR count). The van der Waals surface area contributed by atoms with Crippen LogP contribution in [0.25, 0.3) is 16.7 Å². The summed E-state index contributed by atoms with van der Waals surface area (Å²) in [6, 6.07) is 7.73. The molecule has 3 N–H and O–H groups in total. The number of rotatable bonds is 2. The molecule has 3 aromatic heterocycles. The van der Waals surface area contributed by atoms with Crippen LogP contribution in [0.1, 0.15) is 6.42 Å². The van der Waals surface area contributed by atoms with E-state index in [0.717, 1.165) is 23.3 Å². The summed E-state index contributed by atoms with van der Waals surface area (Å²) in [5.74, 6) is 1.25. The Balaban J connectivity index is 1.50. The molecule has 0 spiro atoms. The summed E-state index contributed by atoms with van der Waals surface area (Å²) >= 11 is 0. The van der Waals surface area contributed by atoms with Crippen LogP contribution in [0.15, 0.2) is 36.7 Å². The minimum Gasteiger partial charge on any atom is -0.465 e. The van der Waals surface area contributed by atoms with Gasteiger partial charge in [-0.2, -0.15) is 0 Å². The Morgan fingerprint density at radius 1 is 1.19 bits per heavy atom. The molecular weight excluding hydrogens is 334 g/mol. The number of fused-ring (bicyclic) bond motifs is 3. The standard InChI is InChI=1S/C17H17N7O2/c18-15-13-2-1-4-20-16(13)24(21-15)10-3-5-19-14(7-10)22-8-12-6-11(22)9-23(12)17(25)26/h1-5,7,11-12H,6,8-9H2,(H2,18,21)(H,25,26)/t11-,12-/m0/s1. The fraction of sp³-hybridized carbons (Fsp3) is 0.294. The Hall–Kier alpha value is -3.36. The molecule has 0 radical (unpaired) electrons. The fourth-order valence-corrected chi connectivity index (χ4v) is 4.03. The van der Waals surface area contributed by atoms with Crippen LogP contribution in [-0.4, -0.2) is 61.0 Å². The molecule has 2 aliphatic heterocycles. The molecule has 2 fully saturated rings. The van der Waals surface area contributed by atoms with Crippen LogP contribution in [0.3, 0.4) is 0 Å². The predicted octanol–water partition coefficient (Wildman–Crippen LogP) is 1.34. The van der Waals surface area contributed by atoms with E-state index >= 15 is 0 Å². The van der Waals surface area contributed by atoms with Gasteiger partial charge in [-0.25, -0.2) is 19.4 Å². The number of carboxylic acid groups (broad SMARTS) is 1. The zero-order chi connectivity index (χ0) is 17.8. The summed E-state index contributed by atoms with van der Waals surface area (Å²) in [6.45, 7) is 1.18. The van der Waals surface area contributed by atoms with Gasteiger partial charge in [0.25, 0.3) is 0 Å². The van der Waals surface area contributed by atoms with Crippen molar-refractivity contribution in [2.24, 2.45) is 0 Å². The number of nitrogens with zero attached hydrogens (tertiary/aromatic N) is 6. The van der Waals surface area contributed by atoms with Crippen molar-refractivity contribution in [3.8, 4) is 5.69 Å². The second-order valence-corrected chi connectivity index (χ2v) is 6.67. The van der Waals surface area contributed by atoms with Gasteiger partial charge in [0.1, 0.15) is 5.82 Å². The van der Waals surface area contributed by atoms with Crippen LogP contribution in [0.5, 0.6) is 0 Å². The van der Waals surface area contributed by atoms with E-state index in [4.69, 9.17) is 5.73 Å². The van der Waals surface area contributed by atoms with Crippen molar-refractivity contribution in [2.45, 2.75) is 18.5 Å². The van der Waals surface area contributed by atoms with Crippen molar-refractivity contribution in [2.75, 3.05) is 23.7 Å². The Kier molecular flexibility index (Phi) is 3.05. The lowest BCUT2D eigenvalue weighted by atomic mass is 10.2. The number of amides is 1. The first-order valence-corrected chi connectivity index (χ1v) is 8.43. The average molecular weight is 351 g/mol. The molecule has 0 aromatic carbocycles. The van der Waals surface area contributed by atoms with E-state index in [1.807, 2.05) is 24.3 Å². The number of hydrogen-bond donors (Lipinski definition) is 2. The number of nitrogens with two attached hydrogens (primary N) is 1. The highest BCUT2D eigenvalue weighted by Crippen LogP contribution is 2.34. The lowest BCUT2D eigenvalue weighted by Gasteiger charge is -2.33. The number of likely N-dealkylation sites (tertiary alicyclic amines) is 1. The van der Waals surface area contributed by atoms with Crippen LogP contribution in [0.2, 0.25) is 0 Å². The molecule has 9 nitrogen and oxygen atoms in total. The van der Waals surface area contributed by atoms with E-state index in [-0.39, 0.29) is 12.1 Å². The van der Waals surface area contributed by atoms with Crippen LogP contribution in [-0.2, 0) is 0 Å². The number of nitrogen functional groups attached to an aromatic ring is 1. The number of piperazine rings is 1. The van der Waals surface area contributed by atoms with E-state index in [2.05, 4.69) is 20.0 Å². The molecule has 0 unspecified atom stereocenters. The zero-order valence-electron chi connectivity index (χ0n) is 13.9. The third kappa shape index (κ3) is 2.10. The second-order valence-electron chi connectivity index (χ2n) is 6.67. The van der Waals surface area contributed by atoms with Gasteiger partial charge in [0.05, 0.1) is 23.2 Å². The zero-order valence-corrected chi connectivity index (χ0v) is 13.9. The molecule has 2 saturated heterocycles. The highest BCUT2D eigenvalue weighted by atomic mass is 16.4. The van der Waals surface area contributed by atoms with E-state index < -0.39 is 6.09 Å². The lowest BCUT2D eigenvalue weighted by Crippen LogP contribution is -2.48. The van der Waals surface area contributed by atoms with E-state index in [1.54, 1.807) is 17.1 Å². The van der Waals surface area contributed by atoms with Gasteiger partial charge in [-0.05, 0) is 24.6 Å².